The molecule has 4 rings (SSSR count). The highest BCUT2D eigenvalue weighted by atomic mass is 16.7. The lowest BCUT2D eigenvalue weighted by Crippen LogP contribution is -2.48. The summed E-state index contributed by atoms with van der Waals surface area (Å²) in [6.45, 7) is 2.12. The van der Waals surface area contributed by atoms with Crippen molar-refractivity contribution >= 4 is 12.0 Å². The van der Waals surface area contributed by atoms with Crippen molar-refractivity contribution in [2.24, 2.45) is 23.2 Å². The Kier molecular flexibility index (Phi) is 3.00. The number of rotatable bonds is 3. The summed E-state index contributed by atoms with van der Waals surface area (Å²) in [6, 6.07) is 0. The van der Waals surface area contributed by atoms with Crippen LogP contribution in [0, 0.1) is 23.2 Å². The van der Waals surface area contributed by atoms with Crippen LogP contribution in [0.5, 0.6) is 0 Å². The molecule has 0 atom stereocenters. The van der Waals surface area contributed by atoms with Gasteiger partial charge in [-0.05, 0) is 68.6 Å². The highest BCUT2D eigenvalue weighted by Crippen LogP contribution is 2.61. The Morgan fingerprint density at radius 1 is 1.20 bits per heavy atom. The molecule has 0 aliphatic heterocycles. The summed E-state index contributed by atoms with van der Waals surface area (Å²) in [5.41, 5.74) is 1.42. The smallest absolute Gasteiger partial charge is 0.322 e. The van der Waals surface area contributed by atoms with Crippen LogP contribution in [0.2, 0.25) is 0 Å². The van der Waals surface area contributed by atoms with Gasteiger partial charge in [0.2, 0.25) is 0 Å². The molecule has 4 aliphatic rings. The average molecular weight is 282 g/mol. The molecule has 5 heteroatoms. The lowest BCUT2D eigenvalue weighted by molar-refractivity contribution is -0.137. The first-order valence-electron chi connectivity index (χ1n) is 8.61. The van der Waals surface area contributed by atoms with Crippen molar-refractivity contribution in [2.45, 2.75) is 51.8 Å². The molecule has 4 aliphatic carbocycles. The highest BCUT2D eigenvalue weighted by molar-refractivity contribution is 5.78. The first kappa shape index (κ1) is 11.4. The number of hydrogen-bond donors (Lipinski definition) is 2. The van der Waals surface area contributed by atoms with Crippen molar-refractivity contribution in [1.82, 2.24) is 10.8 Å². The van der Waals surface area contributed by atoms with E-state index in [0.717, 1.165) is 19.3 Å². The molecular formula is C15H24N2O3. The Hall–Kier alpha value is -1.26. The summed E-state index contributed by atoms with van der Waals surface area (Å²) < 4.78 is 16.8. The topological polar surface area (TPSA) is 67.4 Å². The van der Waals surface area contributed by atoms with Crippen LogP contribution in [0.25, 0.3) is 0 Å². The number of amides is 2. The van der Waals surface area contributed by atoms with Crippen LogP contribution in [-0.2, 0) is 9.63 Å². The lowest BCUT2D eigenvalue weighted by Gasteiger charge is -2.56. The van der Waals surface area contributed by atoms with Gasteiger partial charge in [0.15, 0.2) is 0 Å². The van der Waals surface area contributed by atoms with Crippen molar-refractivity contribution < 1.29 is 17.2 Å². The van der Waals surface area contributed by atoms with E-state index in [1.54, 1.807) is 6.92 Å². The summed E-state index contributed by atoms with van der Waals surface area (Å²) in [5.74, 6) is 0.830. The van der Waals surface area contributed by atoms with Crippen LogP contribution < -0.4 is 10.8 Å². The van der Waals surface area contributed by atoms with Gasteiger partial charge in [0.05, 0.1) is 0 Å². The quantitative estimate of drug-likeness (QED) is 0.781. The van der Waals surface area contributed by atoms with E-state index in [1.165, 1.54) is 19.3 Å². The molecule has 2 amide bonds. The minimum Gasteiger partial charge on any atom is -0.322 e. The predicted octanol–water partition coefficient (Wildman–Crippen LogP) is 2.37. The molecular weight excluding hydrogens is 256 g/mol. The fraction of sp³-hybridized carbons (Fsp3) is 0.867. The molecule has 0 saturated heterocycles. The zero-order valence-corrected chi connectivity index (χ0v) is 11.9. The minimum atomic E-state index is -2.00. The Labute approximate surface area is 122 Å². The molecule has 112 valence electrons. The maximum atomic E-state index is 12.3. The van der Waals surface area contributed by atoms with Gasteiger partial charge in [-0.3, -0.25) is 4.79 Å². The second kappa shape index (κ2) is 5.26. The van der Waals surface area contributed by atoms with E-state index < -0.39 is 23.8 Å². The molecule has 5 nitrogen and oxygen atoms in total. The lowest BCUT2D eigenvalue weighted by atomic mass is 9.49. The van der Waals surface area contributed by atoms with Gasteiger partial charge in [-0.25, -0.2) is 4.79 Å². The molecule has 0 radical (unpaired) electrons. The number of hydroxylamine groups is 1. The second-order valence-electron chi connectivity index (χ2n) is 6.67. The Morgan fingerprint density at radius 2 is 1.75 bits per heavy atom. The van der Waals surface area contributed by atoms with E-state index >= 15 is 0 Å². The average Bonchev–Trinajstić information content (AvgIpc) is 2.43. The van der Waals surface area contributed by atoms with Crippen molar-refractivity contribution in [2.75, 3.05) is 6.54 Å². The van der Waals surface area contributed by atoms with Crippen LogP contribution in [0.4, 0.5) is 4.79 Å². The largest absolute Gasteiger partial charge is 0.431 e. The van der Waals surface area contributed by atoms with E-state index in [-0.39, 0.29) is 0 Å². The first-order valence-corrected chi connectivity index (χ1v) is 7.61. The van der Waals surface area contributed by atoms with Gasteiger partial charge in [0.25, 0.3) is 5.91 Å². The molecule has 0 heterocycles. The summed E-state index contributed by atoms with van der Waals surface area (Å²) in [6.07, 6.45) is 3.12. The fourth-order valence-electron chi connectivity index (χ4n) is 4.80. The SMILES string of the molecule is [2H]C([2H])(C(=O)NOC(=O)NCC)C12CC3CC(CC(C3)C1)C2. The molecule has 2 N–H and O–H groups in total. The van der Waals surface area contributed by atoms with Crippen LogP contribution >= 0.6 is 0 Å². The van der Waals surface area contributed by atoms with E-state index in [0.29, 0.717) is 24.3 Å². The van der Waals surface area contributed by atoms with Crippen LogP contribution in [0.1, 0.15) is 54.6 Å². The second-order valence-corrected chi connectivity index (χ2v) is 6.67. The molecule has 20 heavy (non-hydrogen) atoms. The van der Waals surface area contributed by atoms with Crippen molar-refractivity contribution in [1.29, 1.82) is 0 Å². The standard InChI is InChI=1S/C15H24N2O3/c1-2-16-14(19)20-17-13(18)9-15-6-10-3-11(7-15)5-12(4-10)8-15/h10-12H,2-9H2,1H3,(H,16,19)(H,17,18)/i9D2. The molecule has 0 spiro atoms. The Bertz CT molecular complexity index is 446. The van der Waals surface area contributed by atoms with E-state index in [9.17, 15) is 9.59 Å². The zero-order valence-electron chi connectivity index (χ0n) is 13.9. The maximum absolute atomic E-state index is 12.3. The molecule has 4 fully saturated rings. The summed E-state index contributed by atoms with van der Waals surface area (Å²) in [5, 5.41) is 2.39. The normalized spacial score (nSPS) is 39.8. The van der Waals surface area contributed by atoms with Crippen LogP contribution in [0.3, 0.4) is 0 Å². The highest BCUT2D eigenvalue weighted by Gasteiger charge is 2.51. The van der Waals surface area contributed by atoms with Gasteiger partial charge in [-0.1, -0.05) is 0 Å². The fourth-order valence-corrected chi connectivity index (χ4v) is 4.80. The third-order valence-electron chi connectivity index (χ3n) is 4.97. The molecule has 0 aromatic heterocycles. The van der Waals surface area contributed by atoms with Gasteiger partial charge in [-0.2, -0.15) is 5.48 Å². The third kappa shape index (κ3) is 2.76. The minimum absolute atomic E-state index is 0.385. The Balaban J connectivity index is 1.69. The van der Waals surface area contributed by atoms with E-state index in [4.69, 9.17) is 2.74 Å². The van der Waals surface area contributed by atoms with E-state index in [2.05, 4.69) is 10.2 Å². The number of hydrogen-bond acceptors (Lipinski definition) is 3. The van der Waals surface area contributed by atoms with Crippen LogP contribution in [-0.4, -0.2) is 18.5 Å². The predicted molar refractivity (Wildman–Crippen MR) is 73.5 cm³/mol. The van der Waals surface area contributed by atoms with Crippen molar-refractivity contribution in [3.63, 3.8) is 0 Å². The molecule has 4 saturated carbocycles. The summed E-state index contributed by atoms with van der Waals surface area (Å²) in [4.78, 5) is 28.2. The van der Waals surface area contributed by atoms with Gasteiger partial charge >= 0.3 is 6.09 Å². The van der Waals surface area contributed by atoms with Crippen molar-refractivity contribution in [3.05, 3.63) is 0 Å². The molecule has 0 aromatic carbocycles. The molecule has 4 bridgehead atoms. The number of carbonyl (C=O) groups excluding carboxylic acids is 2. The molecule has 0 aromatic rings. The summed E-state index contributed by atoms with van der Waals surface area (Å²) >= 11 is 0. The third-order valence-corrected chi connectivity index (χ3v) is 4.97. The first-order chi connectivity index (χ1) is 10.4. The van der Waals surface area contributed by atoms with Gasteiger partial charge in [0, 0.05) is 15.7 Å². The van der Waals surface area contributed by atoms with Gasteiger partial charge in [0.1, 0.15) is 0 Å². The van der Waals surface area contributed by atoms with Gasteiger partial charge < -0.3 is 10.2 Å². The maximum Gasteiger partial charge on any atom is 0.431 e. The summed E-state index contributed by atoms with van der Waals surface area (Å²) in [7, 11) is 0. The number of carbonyl (C=O) groups is 2. The van der Waals surface area contributed by atoms with Gasteiger partial charge in [-0.15, -0.1) is 0 Å². The number of nitrogens with one attached hydrogen (secondary N) is 2. The Morgan fingerprint density at radius 3 is 2.25 bits per heavy atom. The van der Waals surface area contributed by atoms with E-state index in [1.807, 2.05) is 5.48 Å². The monoisotopic (exact) mass is 282 g/mol. The van der Waals surface area contributed by atoms with Crippen molar-refractivity contribution in [3.8, 4) is 0 Å². The molecule has 0 unspecified atom stereocenters. The zero-order chi connectivity index (χ0) is 16.0. The van der Waals surface area contributed by atoms with Crippen LogP contribution in [0.15, 0.2) is 0 Å².